The largest absolute Gasteiger partial charge is 0.398 e. The van der Waals surface area contributed by atoms with Gasteiger partial charge in [0, 0.05) is 23.5 Å². The van der Waals surface area contributed by atoms with Crippen LogP contribution < -0.4 is 5.73 Å². The van der Waals surface area contributed by atoms with Crippen LogP contribution in [0, 0.1) is 0 Å². The predicted molar refractivity (Wildman–Crippen MR) is 44.9 cm³/mol. The van der Waals surface area contributed by atoms with E-state index in [4.69, 9.17) is 22.4 Å². The van der Waals surface area contributed by atoms with Crippen LogP contribution in [0.25, 0.3) is 0 Å². The molecule has 3 N–H and O–H groups in total. The Labute approximate surface area is 70.7 Å². The van der Waals surface area contributed by atoms with E-state index in [9.17, 15) is 0 Å². The zero-order valence-corrected chi connectivity index (χ0v) is 6.88. The molecule has 0 spiro atoms. The standard InChI is InChI=1S/C7H11ClN2O/c8-6-3-7(9)5-10(4-6)1-2-11/h3,5,11H,1-2,4,9H2. The maximum absolute atomic E-state index is 8.62. The van der Waals surface area contributed by atoms with Crippen LogP contribution in [0.1, 0.15) is 0 Å². The van der Waals surface area contributed by atoms with Crippen LogP contribution in [-0.2, 0) is 0 Å². The van der Waals surface area contributed by atoms with Crippen LogP contribution in [0.15, 0.2) is 23.0 Å². The van der Waals surface area contributed by atoms with E-state index in [2.05, 4.69) is 0 Å². The monoisotopic (exact) mass is 174 g/mol. The molecule has 0 atom stereocenters. The third-order valence-electron chi connectivity index (χ3n) is 1.40. The molecule has 0 fully saturated rings. The zero-order chi connectivity index (χ0) is 8.27. The molecule has 11 heavy (non-hydrogen) atoms. The molecule has 1 aliphatic rings. The third-order valence-corrected chi connectivity index (χ3v) is 1.62. The van der Waals surface area contributed by atoms with Crippen molar-refractivity contribution in [1.82, 2.24) is 4.90 Å². The number of aliphatic hydroxyl groups is 1. The molecule has 0 saturated carbocycles. The van der Waals surface area contributed by atoms with E-state index in [1.165, 1.54) is 0 Å². The highest BCUT2D eigenvalue weighted by molar-refractivity contribution is 6.30. The van der Waals surface area contributed by atoms with Gasteiger partial charge in [-0.15, -0.1) is 0 Å². The first-order valence-electron chi connectivity index (χ1n) is 3.40. The summed E-state index contributed by atoms with van der Waals surface area (Å²) in [6.07, 6.45) is 3.50. The molecule has 0 saturated heterocycles. The van der Waals surface area contributed by atoms with Crippen molar-refractivity contribution < 1.29 is 5.11 Å². The van der Waals surface area contributed by atoms with Crippen molar-refractivity contribution in [3.8, 4) is 0 Å². The number of nitrogens with two attached hydrogens (primary N) is 1. The van der Waals surface area contributed by atoms with Gasteiger partial charge in [0.05, 0.1) is 13.2 Å². The second-order valence-electron chi connectivity index (χ2n) is 2.41. The Kier molecular flexibility index (Phi) is 2.79. The summed E-state index contributed by atoms with van der Waals surface area (Å²) in [7, 11) is 0. The molecule has 0 unspecified atom stereocenters. The Morgan fingerprint density at radius 1 is 1.73 bits per heavy atom. The van der Waals surface area contributed by atoms with Crippen molar-refractivity contribution in [2.45, 2.75) is 0 Å². The van der Waals surface area contributed by atoms with E-state index >= 15 is 0 Å². The number of hydrogen-bond donors (Lipinski definition) is 2. The van der Waals surface area contributed by atoms with Crippen molar-refractivity contribution in [2.75, 3.05) is 19.7 Å². The number of halogens is 1. The lowest BCUT2D eigenvalue weighted by Crippen LogP contribution is -2.26. The van der Waals surface area contributed by atoms with E-state index < -0.39 is 0 Å². The van der Waals surface area contributed by atoms with Crippen LogP contribution in [0.4, 0.5) is 0 Å². The minimum atomic E-state index is 0.119. The quantitative estimate of drug-likeness (QED) is 0.630. The minimum Gasteiger partial charge on any atom is -0.398 e. The number of aliphatic hydroxyl groups excluding tert-OH is 1. The average molecular weight is 175 g/mol. The molecule has 0 radical (unpaired) electrons. The van der Waals surface area contributed by atoms with Gasteiger partial charge in [0.1, 0.15) is 0 Å². The molecule has 1 heterocycles. The molecular formula is C7H11ClN2O. The second kappa shape index (κ2) is 3.64. The number of allylic oxidation sites excluding steroid dienone is 1. The Hall–Kier alpha value is -0.670. The number of rotatable bonds is 2. The molecule has 0 aliphatic carbocycles. The number of nitrogens with zero attached hydrogens (tertiary/aromatic N) is 1. The van der Waals surface area contributed by atoms with Crippen LogP contribution >= 0.6 is 11.6 Å². The molecule has 3 nitrogen and oxygen atoms in total. The lowest BCUT2D eigenvalue weighted by atomic mass is 10.3. The highest BCUT2D eigenvalue weighted by Gasteiger charge is 2.07. The van der Waals surface area contributed by atoms with E-state index in [0.29, 0.717) is 23.8 Å². The van der Waals surface area contributed by atoms with Gasteiger partial charge in [0.15, 0.2) is 0 Å². The van der Waals surface area contributed by atoms with Gasteiger partial charge in [-0.2, -0.15) is 0 Å². The highest BCUT2D eigenvalue weighted by Crippen LogP contribution is 2.12. The fourth-order valence-electron chi connectivity index (χ4n) is 0.986. The SMILES string of the molecule is NC1=CN(CCO)CC(Cl)=C1. The Morgan fingerprint density at radius 2 is 2.45 bits per heavy atom. The maximum atomic E-state index is 8.62. The van der Waals surface area contributed by atoms with Crippen molar-refractivity contribution in [2.24, 2.45) is 5.73 Å². The van der Waals surface area contributed by atoms with Crippen LogP contribution in [0.3, 0.4) is 0 Å². The Balaban J connectivity index is 2.56. The second-order valence-corrected chi connectivity index (χ2v) is 2.90. The molecule has 62 valence electrons. The van der Waals surface area contributed by atoms with Gasteiger partial charge in [0.2, 0.25) is 0 Å². The first kappa shape index (κ1) is 8.43. The van der Waals surface area contributed by atoms with Gasteiger partial charge in [-0.05, 0) is 6.08 Å². The van der Waals surface area contributed by atoms with Gasteiger partial charge in [0.25, 0.3) is 0 Å². The first-order chi connectivity index (χ1) is 5.22. The fraction of sp³-hybridized carbons (Fsp3) is 0.429. The molecule has 0 aromatic carbocycles. The van der Waals surface area contributed by atoms with Crippen molar-refractivity contribution in [3.05, 3.63) is 23.0 Å². The predicted octanol–water partition coefficient (Wildman–Crippen LogP) is 0.217. The molecule has 0 aromatic rings. The van der Waals surface area contributed by atoms with Crippen molar-refractivity contribution in [1.29, 1.82) is 0 Å². The van der Waals surface area contributed by atoms with Crippen LogP contribution in [0.5, 0.6) is 0 Å². The molecule has 0 aromatic heterocycles. The van der Waals surface area contributed by atoms with Gasteiger partial charge in [-0.25, -0.2) is 0 Å². The molecule has 1 aliphatic heterocycles. The summed E-state index contributed by atoms with van der Waals surface area (Å²) < 4.78 is 0. The maximum Gasteiger partial charge on any atom is 0.0606 e. The van der Waals surface area contributed by atoms with E-state index in [0.717, 1.165) is 0 Å². The zero-order valence-electron chi connectivity index (χ0n) is 6.13. The van der Waals surface area contributed by atoms with E-state index in [1.807, 2.05) is 4.90 Å². The summed E-state index contributed by atoms with van der Waals surface area (Å²) >= 11 is 5.76. The van der Waals surface area contributed by atoms with Gasteiger partial charge >= 0.3 is 0 Å². The summed E-state index contributed by atoms with van der Waals surface area (Å²) in [5, 5.41) is 9.32. The first-order valence-corrected chi connectivity index (χ1v) is 3.78. The summed E-state index contributed by atoms with van der Waals surface area (Å²) in [6, 6.07) is 0. The van der Waals surface area contributed by atoms with E-state index in [1.54, 1.807) is 12.3 Å². The fourth-order valence-corrected chi connectivity index (χ4v) is 1.27. The van der Waals surface area contributed by atoms with Crippen molar-refractivity contribution in [3.63, 3.8) is 0 Å². The average Bonchev–Trinajstić information content (AvgIpc) is 1.85. The normalized spacial score (nSPS) is 17.8. The number of β-amino-alcohol motifs (C(OH)–C–C–N with tert-alkyl or cyclic N) is 1. The smallest absolute Gasteiger partial charge is 0.0606 e. The minimum absolute atomic E-state index is 0.119. The summed E-state index contributed by atoms with van der Waals surface area (Å²) in [6.45, 7) is 1.33. The summed E-state index contributed by atoms with van der Waals surface area (Å²) in [4.78, 5) is 1.87. The topological polar surface area (TPSA) is 49.5 Å². The number of hydrogen-bond acceptors (Lipinski definition) is 3. The highest BCUT2D eigenvalue weighted by atomic mass is 35.5. The molecular weight excluding hydrogens is 164 g/mol. The van der Waals surface area contributed by atoms with Gasteiger partial charge in [-0.3, -0.25) is 0 Å². The van der Waals surface area contributed by atoms with E-state index in [-0.39, 0.29) is 6.61 Å². The van der Waals surface area contributed by atoms with Crippen molar-refractivity contribution >= 4 is 11.6 Å². The van der Waals surface area contributed by atoms with Gasteiger partial charge in [-0.1, -0.05) is 11.6 Å². The Morgan fingerprint density at radius 3 is 3.00 bits per heavy atom. The van der Waals surface area contributed by atoms with Crippen LogP contribution in [0.2, 0.25) is 0 Å². The van der Waals surface area contributed by atoms with Gasteiger partial charge < -0.3 is 15.7 Å². The lowest BCUT2D eigenvalue weighted by Gasteiger charge is -2.22. The van der Waals surface area contributed by atoms with Crippen LogP contribution in [-0.4, -0.2) is 29.7 Å². The molecule has 1 rings (SSSR count). The third kappa shape index (κ3) is 2.44. The lowest BCUT2D eigenvalue weighted by molar-refractivity contribution is 0.243. The Bertz CT molecular complexity index is 201. The molecule has 0 amide bonds. The molecule has 4 heteroatoms. The molecule has 0 bridgehead atoms. The summed E-state index contributed by atoms with van der Waals surface area (Å²) in [5.41, 5.74) is 6.16. The summed E-state index contributed by atoms with van der Waals surface area (Å²) in [5.74, 6) is 0.